The van der Waals surface area contributed by atoms with Crippen molar-refractivity contribution in [2.45, 2.75) is 59.2 Å². The van der Waals surface area contributed by atoms with Crippen molar-refractivity contribution in [2.24, 2.45) is 11.3 Å². The molecule has 34 heavy (non-hydrogen) atoms. The molecule has 2 aliphatic heterocycles. The van der Waals surface area contributed by atoms with E-state index in [0.29, 0.717) is 34.1 Å². The van der Waals surface area contributed by atoms with Crippen LogP contribution in [0.25, 0.3) is 0 Å². The minimum atomic E-state index is -0.549. The summed E-state index contributed by atoms with van der Waals surface area (Å²) < 4.78 is 0. The average Bonchev–Trinajstić information content (AvgIpc) is 3.52. The van der Waals surface area contributed by atoms with Crippen LogP contribution in [0, 0.1) is 11.3 Å². The molecule has 0 spiro atoms. The Hall–Kier alpha value is -2.62. The summed E-state index contributed by atoms with van der Waals surface area (Å²) in [6.07, 6.45) is 3.52. The third kappa shape index (κ3) is 4.92. The Morgan fingerprint density at radius 3 is 2.59 bits per heavy atom. The number of carbonyl (C=O) groups is 3. The van der Waals surface area contributed by atoms with Crippen molar-refractivity contribution in [1.29, 1.82) is 0 Å². The number of nitrogens with one attached hydrogen (secondary N) is 3. The number of aliphatic hydroxyl groups is 1. The summed E-state index contributed by atoms with van der Waals surface area (Å²) in [4.78, 5) is 39.6. The van der Waals surface area contributed by atoms with Gasteiger partial charge in [-0.05, 0) is 43.5 Å². The molecule has 184 valence electrons. The second kappa shape index (κ2) is 9.20. The van der Waals surface area contributed by atoms with Gasteiger partial charge in [0.2, 0.25) is 11.8 Å². The zero-order chi connectivity index (χ0) is 24.8. The Labute approximate surface area is 204 Å². The van der Waals surface area contributed by atoms with Crippen molar-refractivity contribution in [3.63, 3.8) is 0 Å². The van der Waals surface area contributed by atoms with E-state index in [9.17, 15) is 19.5 Å². The molecule has 1 aromatic carbocycles. The van der Waals surface area contributed by atoms with Crippen molar-refractivity contribution in [1.82, 2.24) is 20.7 Å². The predicted octanol–water partition coefficient (Wildman–Crippen LogP) is 2.28. The number of benzene rings is 1. The van der Waals surface area contributed by atoms with E-state index >= 15 is 0 Å². The highest BCUT2D eigenvalue weighted by Gasteiger charge is 2.40. The molecule has 2 unspecified atom stereocenters. The van der Waals surface area contributed by atoms with Gasteiger partial charge in [0.1, 0.15) is 5.70 Å². The van der Waals surface area contributed by atoms with Crippen LogP contribution in [0.4, 0.5) is 5.69 Å². The van der Waals surface area contributed by atoms with Gasteiger partial charge in [0.25, 0.3) is 5.91 Å². The summed E-state index contributed by atoms with van der Waals surface area (Å²) >= 11 is 6.26. The molecule has 3 aliphatic rings. The maximum atomic E-state index is 13.2. The predicted molar refractivity (Wildman–Crippen MR) is 128 cm³/mol. The first kappa shape index (κ1) is 24.5. The molecule has 9 nitrogen and oxygen atoms in total. The number of piperazine rings is 1. The maximum absolute atomic E-state index is 13.2. The quantitative estimate of drug-likeness (QED) is 0.487. The molecule has 2 fully saturated rings. The molecule has 10 heteroatoms. The number of aliphatic hydroxyl groups excluding tert-OH is 1. The van der Waals surface area contributed by atoms with Gasteiger partial charge in [-0.15, -0.1) is 0 Å². The highest BCUT2D eigenvalue weighted by molar-refractivity contribution is 6.31. The van der Waals surface area contributed by atoms with Crippen molar-refractivity contribution >= 4 is 35.0 Å². The lowest BCUT2D eigenvalue weighted by Gasteiger charge is -2.40. The molecule has 4 N–H and O–H groups in total. The number of rotatable bonds is 6. The summed E-state index contributed by atoms with van der Waals surface area (Å²) in [7, 11) is 0. The molecule has 1 aliphatic carbocycles. The summed E-state index contributed by atoms with van der Waals surface area (Å²) in [6, 6.07) is 2.84. The molecular formula is C24H32ClN5O4. The van der Waals surface area contributed by atoms with Crippen LogP contribution in [-0.2, 0) is 21.0 Å². The van der Waals surface area contributed by atoms with Crippen LogP contribution in [0.15, 0.2) is 23.9 Å². The van der Waals surface area contributed by atoms with Gasteiger partial charge in [-0.1, -0.05) is 32.4 Å². The number of halogens is 1. The number of amides is 3. The fourth-order valence-corrected chi connectivity index (χ4v) is 4.49. The first-order valence-corrected chi connectivity index (χ1v) is 12.0. The number of nitrogens with zero attached hydrogens (tertiary/aromatic N) is 2. The second-order valence-electron chi connectivity index (χ2n) is 10.3. The fraction of sp³-hybridized carbons (Fsp3) is 0.542. The first-order chi connectivity index (χ1) is 16.0. The second-order valence-corrected chi connectivity index (χ2v) is 10.7. The number of hydrazine groups is 1. The Balaban J connectivity index is 1.60. The van der Waals surface area contributed by atoms with E-state index in [1.807, 2.05) is 32.7 Å². The minimum absolute atomic E-state index is 0.00379. The topological polar surface area (TPSA) is 114 Å². The van der Waals surface area contributed by atoms with Crippen LogP contribution in [0.2, 0.25) is 5.02 Å². The zero-order valence-electron chi connectivity index (χ0n) is 19.9. The van der Waals surface area contributed by atoms with Crippen molar-refractivity contribution in [3.05, 3.63) is 40.1 Å². The number of hydrogen-bond acceptors (Lipinski definition) is 6. The smallest absolute Gasteiger partial charge is 0.272 e. The van der Waals surface area contributed by atoms with Gasteiger partial charge in [0.05, 0.1) is 25.4 Å². The van der Waals surface area contributed by atoms with Gasteiger partial charge >= 0.3 is 0 Å². The van der Waals surface area contributed by atoms with E-state index in [-0.39, 0.29) is 43.0 Å². The number of anilines is 1. The number of hydrogen-bond donors (Lipinski definition) is 4. The summed E-state index contributed by atoms with van der Waals surface area (Å²) in [5.41, 5.74) is 5.04. The van der Waals surface area contributed by atoms with Gasteiger partial charge in [-0.25, -0.2) is 5.43 Å². The lowest BCUT2D eigenvalue weighted by Crippen LogP contribution is -2.58. The molecule has 0 bridgehead atoms. The summed E-state index contributed by atoms with van der Waals surface area (Å²) in [6.45, 7) is 7.74. The van der Waals surface area contributed by atoms with Crippen molar-refractivity contribution in [2.75, 3.05) is 18.5 Å². The largest absolute Gasteiger partial charge is 0.392 e. The lowest BCUT2D eigenvalue weighted by atomic mass is 9.96. The van der Waals surface area contributed by atoms with E-state index in [2.05, 4.69) is 16.1 Å². The van der Waals surface area contributed by atoms with Crippen LogP contribution in [0.5, 0.6) is 0 Å². The zero-order valence-corrected chi connectivity index (χ0v) is 20.7. The van der Waals surface area contributed by atoms with Gasteiger partial charge in [-0.2, -0.15) is 0 Å². The summed E-state index contributed by atoms with van der Waals surface area (Å²) in [5.74, 6) is -0.396. The molecule has 3 amide bonds. The van der Waals surface area contributed by atoms with Crippen LogP contribution < -0.4 is 16.1 Å². The maximum Gasteiger partial charge on any atom is 0.272 e. The Kier molecular flexibility index (Phi) is 6.63. The molecule has 2 atom stereocenters. The molecule has 2 heterocycles. The lowest BCUT2D eigenvalue weighted by molar-refractivity contribution is -0.136. The van der Waals surface area contributed by atoms with Crippen LogP contribution in [0.3, 0.4) is 0 Å². The monoisotopic (exact) mass is 489 g/mol. The Morgan fingerprint density at radius 1 is 1.26 bits per heavy atom. The van der Waals surface area contributed by atoms with Gasteiger partial charge in [-0.3, -0.25) is 19.4 Å². The van der Waals surface area contributed by atoms with Crippen LogP contribution >= 0.6 is 11.6 Å². The normalized spacial score (nSPS) is 22.4. The van der Waals surface area contributed by atoms with Crippen molar-refractivity contribution in [3.8, 4) is 0 Å². The van der Waals surface area contributed by atoms with Gasteiger partial charge in [0.15, 0.2) is 0 Å². The third-order valence-corrected chi connectivity index (χ3v) is 6.54. The van der Waals surface area contributed by atoms with E-state index in [4.69, 9.17) is 11.6 Å². The van der Waals surface area contributed by atoms with E-state index in [1.165, 1.54) is 0 Å². The number of fused-ring (bicyclic) bond motifs is 1. The van der Waals surface area contributed by atoms with Gasteiger partial charge < -0.3 is 20.6 Å². The minimum Gasteiger partial charge on any atom is -0.392 e. The van der Waals surface area contributed by atoms with E-state index in [1.54, 1.807) is 23.1 Å². The molecule has 1 saturated heterocycles. The standard InChI is InChI=1S/C24H32ClN5O4/c1-13-10-29(12-26-23(34)24(2,3)4)22(33)19-9-18(28-30(13)19)20-15(11-31)7-16(25)8-17(20)27-21(32)14-5-6-14/h7-9,13-14,18,28,31H,5-6,10-12H2,1-4H3,(H,26,34)(H,27,32). The van der Waals surface area contributed by atoms with E-state index in [0.717, 1.165) is 12.8 Å². The number of carbonyl (C=O) groups excluding carboxylic acids is 3. The molecular weight excluding hydrogens is 458 g/mol. The molecule has 0 radical (unpaired) electrons. The van der Waals surface area contributed by atoms with E-state index < -0.39 is 11.5 Å². The fourth-order valence-electron chi connectivity index (χ4n) is 4.25. The van der Waals surface area contributed by atoms with Crippen LogP contribution in [0.1, 0.15) is 57.7 Å². The first-order valence-electron chi connectivity index (χ1n) is 11.6. The SMILES string of the molecule is CC1CN(CNC(=O)C(C)(C)C)C(=O)C2=CC(c3c(CO)cc(Cl)cc3NC(=O)C3CC3)NN21. The average molecular weight is 490 g/mol. The molecule has 4 rings (SSSR count). The molecule has 1 aromatic rings. The van der Waals surface area contributed by atoms with Crippen LogP contribution in [-0.4, -0.2) is 52.0 Å². The highest BCUT2D eigenvalue weighted by Crippen LogP contribution is 2.38. The van der Waals surface area contributed by atoms with Gasteiger partial charge in [0, 0.05) is 34.2 Å². The highest BCUT2D eigenvalue weighted by atomic mass is 35.5. The Bertz CT molecular complexity index is 1050. The molecule has 1 saturated carbocycles. The summed E-state index contributed by atoms with van der Waals surface area (Å²) in [5, 5.41) is 18.1. The third-order valence-electron chi connectivity index (χ3n) is 6.32. The molecule has 0 aromatic heterocycles. The Morgan fingerprint density at radius 2 is 1.97 bits per heavy atom. The van der Waals surface area contributed by atoms with Crippen molar-refractivity contribution < 1.29 is 19.5 Å².